The molecule has 2 heterocycles. The molecule has 1 unspecified atom stereocenters. The van der Waals surface area contributed by atoms with Gasteiger partial charge in [0.25, 0.3) is 0 Å². The monoisotopic (exact) mass is 383 g/mol. The van der Waals surface area contributed by atoms with Crippen LogP contribution in [0.3, 0.4) is 0 Å². The van der Waals surface area contributed by atoms with Crippen molar-refractivity contribution in [1.29, 1.82) is 0 Å². The molecule has 1 aliphatic heterocycles. The maximum Gasteiger partial charge on any atom is 0.306 e. The predicted molar refractivity (Wildman–Crippen MR) is 99.3 cm³/mol. The Morgan fingerprint density at radius 2 is 2.00 bits per heavy atom. The summed E-state index contributed by atoms with van der Waals surface area (Å²) in [4.78, 5) is 14.8. The molecule has 1 saturated heterocycles. The van der Waals surface area contributed by atoms with Crippen molar-refractivity contribution < 1.29 is 9.90 Å². The summed E-state index contributed by atoms with van der Waals surface area (Å²) in [7, 11) is 0. The first-order valence-corrected chi connectivity index (χ1v) is 9.57. The maximum atomic E-state index is 11.2. The van der Waals surface area contributed by atoms with Crippen LogP contribution in [0.5, 0.6) is 0 Å². The van der Waals surface area contributed by atoms with Crippen molar-refractivity contribution in [2.24, 2.45) is 5.92 Å². The summed E-state index contributed by atoms with van der Waals surface area (Å²) in [5.41, 5.74) is 2.21. The number of nitrogens with zero attached hydrogens (tertiary/aromatic N) is 1. The molecule has 2 aromatic rings. The van der Waals surface area contributed by atoms with E-state index in [1.165, 1.54) is 10.4 Å². The van der Waals surface area contributed by atoms with Gasteiger partial charge in [-0.3, -0.25) is 9.69 Å². The molecule has 1 aromatic heterocycles. The fourth-order valence-corrected chi connectivity index (χ4v) is 4.79. The van der Waals surface area contributed by atoms with Crippen molar-refractivity contribution in [2.45, 2.75) is 25.8 Å². The van der Waals surface area contributed by atoms with E-state index in [-0.39, 0.29) is 12.0 Å². The third kappa shape index (κ3) is 3.47. The zero-order valence-electron chi connectivity index (χ0n) is 13.3. The fraction of sp³-hybridized carbons (Fsp3) is 0.389. The minimum atomic E-state index is -0.695. The van der Waals surface area contributed by atoms with Crippen molar-refractivity contribution in [3.05, 3.63) is 55.7 Å². The van der Waals surface area contributed by atoms with Gasteiger partial charge in [0, 0.05) is 4.88 Å². The number of aliphatic carboxylic acids is 1. The number of carboxylic acid groups (broad SMARTS) is 1. The van der Waals surface area contributed by atoms with Crippen molar-refractivity contribution in [3.63, 3.8) is 0 Å². The molecular formula is C18H19Cl2NO2S. The van der Waals surface area contributed by atoms with Gasteiger partial charge in [0.15, 0.2) is 0 Å². The van der Waals surface area contributed by atoms with Crippen LogP contribution < -0.4 is 0 Å². The predicted octanol–water partition coefficient (Wildman–Crippen LogP) is 5.25. The van der Waals surface area contributed by atoms with E-state index in [4.69, 9.17) is 23.2 Å². The van der Waals surface area contributed by atoms with E-state index in [1.54, 1.807) is 17.4 Å². The molecule has 24 heavy (non-hydrogen) atoms. The molecule has 1 aromatic carbocycles. The minimum absolute atomic E-state index is 0.0194. The summed E-state index contributed by atoms with van der Waals surface area (Å²) in [6, 6.07) is 7.86. The van der Waals surface area contributed by atoms with Gasteiger partial charge in [0.1, 0.15) is 0 Å². The number of carbonyl (C=O) groups is 1. The smallest absolute Gasteiger partial charge is 0.306 e. The maximum absolute atomic E-state index is 11.2. The van der Waals surface area contributed by atoms with Crippen LogP contribution in [0.1, 0.15) is 34.9 Å². The molecule has 0 spiro atoms. The van der Waals surface area contributed by atoms with Crippen LogP contribution in [0.2, 0.25) is 10.0 Å². The highest BCUT2D eigenvalue weighted by Gasteiger charge is 2.32. The molecule has 6 heteroatoms. The van der Waals surface area contributed by atoms with Gasteiger partial charge >= 0.3 is 5.97 Å². The molecular weight excluding hydrogens is 365 g/mol. The van der Waals surface area contributed by atoms with Crippen LogP contribution in [0, 0.1) is 12.8 Å². The molecule has 1 fully saturated rings. The van der Waals surface area contributed by atoms with Crippen molar-refractivity contribution in [2.75, 3.05) is 13.1 Å². The Morgan fingerprint density at radius 1 is 1.29 bits per heavy atom. The lowest BCUT2D eigenvalue weighted by Crippen LogP contribution is -2.39. The van der Waals surface area contributed by atoms with Crippen molar-refractivity contribution >= 4 is 40.5 Å². The van der Waals surface area contributed by atoms with Gasteiger partial charge in [-0.15, -0.1) is 11.3 Å². The standard InChI is InChI=1S/C18H19Cl2NO2S/c1-11-7-10-24-17(11)16(13-3-2-4-14(19)15(13)20)21-8-5-12(6-9-21)18(22)23/h2-4,7,10,12,16H,5-6,8-9H2,1H3,(H,22,23). The van der Waals surface area contributed by atoms with E-state index in [2.05, 4.69) is 23.3 Å². The van der Waals surface area contributed by atoms with Gasteiger partial charge < -0.3 is 5.11 Å². The Bertz CT molecular complexity index is 738. The summed E-state index contributed by atoms with van der Waals surface area (Å²) in [6.07, 6.45) is 1.32. The fourth-order valence-electron chi connectivity index (χ4n) is 3.30. The molecule has 1 atom stereocenters. The highest BCUT2D eigenvalue weighted by Crippen LogP contribution is 2.41. The number of piperidine rings is 1. The summed E-state index contributed by atoms with van der Waals surface area (Å²) in [5, 5.41) is 12.4. The normalized spacial score (nSPS) is 17.8. The molecule has 0 saturated carbocycles. The topological polar surface area (TPSA) is 40.5 Å². The number of thiophene rings is 1. The lowest BCUT2D eigenvalue weighted by atomic mass is 9.93. The van der Waals surface area contributed by atoms with Crippen LogP contribution >= 0.6 is 34.5 Å². The molecule has 0 aliphatic carbocycles. The minimum Gasteiger partial charge on any atom is -0.481 e. The molecule has 0 bridgehead atoms. The summed E-state index contributed by atoms with van der Waals surface area (Å²) in [6.45, 7) is 3.57. The van der Waals surface area contributed by atoms with E-state index < -0.39 is 5.97 Å². The van der Waals surface area contributed by atoms with E-state index in [0.717, 1.165) is 18.7 Å². The number of hydrogen-bond acceptors (Lipinski definition) is 3. The van der Waals surface area contributed by atoms with E-state index in [9.17, 15) is 9.90 Å². The largest absolute Gasteiger partial charge is 0.481 e. The average molecular weight is 384 g/mol. The van der Waals surface area contributed by atoms with Crippen LogP contribution in [0.4, 0.5) is 0 Å². The highest BCUT2D eigenvalue weighted by molar-refractivity contribution is 7.10. The van der Waals surface area contributed by atoms with Crippen molar-refractivity contribution in [1.82, 2.24) is 4.90 Å². The average Bonchev–Trinajstić information content (AvgIpc) is 2.98. The summed E-state index contributed by atoms with van der Waals surface area (Å²) >= 11 is 14.5. The number of carboxylic acids is 1. The highest BCUT2D eigenvalue weighted by atomic mass is 35.5. The van der Waals surface area contributed by atoms with Crippen LogP contribution in [0.15, 0.2) is 29.6 Å². The van der Waals surface area contributed by atoms with Gasteiger partial charge in [-0.1, -0.05) is 35.3 Å². The summed E-state index contributed by atoms with van der Waals surface area (Å²) in [5.74, 6) is -0.944. The Kier molecular flexibility index (Phi) is 5.50. The van der Waals surface area contributed by atoms with Gasteiger partial charge in [0.05, 0.1) is 22.0 Å². The third-order valence-electron chi connectivity index (χ3n) is 4.67. The van der Waals surface area contributed by atoms with Crippen LogP contribution in [0.25, 0.3) is 0 Å². The van der Waals surface area contributed by atoms with E-state index >= 15 is 0 Å². The Balaban J connectivity index is 1.97. The molecule has 1 aliphatic rings. The quantitative estimate of drug-likeness (QED) is 0.783. The molecule has 3 rings (SSSR count). The second-order valence-corrected chi connectivity index (χ2v) is 7.89. The lowest BCUT2D eigenvalue weighted by molar-refractivity contribution is -0.143. The molecule has 0 amide bonds. The second-order valence-electron chi connectivity index (χ2n) is 6.16. The van der Waals surface area contributed by atoms with Gasteiger partial charge in [-0.05, 0) is 61.5 Å². The SMILES string of the molecule is Cc1ccsc1C(c1cccc(Cl)c1Cl)N1CCC(C(=O)O)CC1. The van der Waals surface area contributed by atoms with Gasteiger partial charge in [0.2, 0.25) is 0 Å². The number of benzene rings is 1. The number of aryl methyl sites for hydroxylation is 1. The lowest BCUT2D eigenvalue weighted by Gasteiger charge is -2.37. The zero-order chi connectivity index (χ0) is 17.3. The number of likely N-dealkylation sites (tertiary alicyclic amines) is 1. The molecule has 1 N–H and O–H groups in total. The van der Waals surface area contributed by atoms with E-state index in [0.29, 0.717) is 22.9 Å². The Hall–Kier alpha value is -1.07. The van der Waals surface area contributed by atoms with E-state index in [1.807, 2.05) is 12.1 Å². The zero-order valence-corrected chi connectivity index (χ0v) is 15.7. The van der Waals surface area contributed by atoms with Crippen LogP contribution in [-0.2, 0) is 4.79 Å². The van der Waals surface area contributed by atoms with Crippen molar-refractivity contribution in [3.8, 4) is 0 Å². The Labute approximate surface area is 155 Å². The number of halogens is 2. The van der Waals surface area contributed by atoms with Gasteiger partial charge in [-0.2, -0.15) is 0 Å². The first-order valence-electron chi connectivity index (χ1n) is 7.93. The molecule has 128 valence electrons. The molecule has 0 radical (unpaired) electrons. The summed E-state index contributed by atoms with van der Waals surface area (Å²) < 4.78 is 0. The number of hydrogen-bond donors (Lipinski definition) is 1. The first-order chi connectivity index (χ1) is 11.5. The Morgan fingerprint density at radius 3 is 2.58 bits per heavy atom. The van der Waals surface area contributed by atoms with Crippen LogP contribution in [-0.4, -0.2) is 29.1 Å². The molecule has 3 nitrogen and oxygen atoms in total. The second kappa shape index (κ2) is 7.44. The number of rotatable bonds is 4. The third-order valence-corrected chi connectivity index (χ3v) is 6.57. The first kappa shape index (κ1) is 17.7. The van der Waals surface area contributed by atoms with Gasteiger partial charge in [-0.25, -0.2) is 0 Å².